The Morgan fingerprint density at radius 2 is 1.65 bits per heavy atom. The third-order valence-electron chi connectivity index (χ3n) is 1.55. The average molecular weight is 306 g/mol. The van der Waals surface area contributed by atoms with Crippen molar-refractivity contribution in [3.63, 3.8) is 0 Å². The summed E-state index contributed by atoms with van der Waals surface area (Å²) in [7, 11) is -5.17. The molecule has 0 aliphatic carbocycles. The number of ether oxygens (including phenoxy) is 1. The van der Waals surface area contributed by atoms with Crippen LogP contribution in [0.5, 0.6) is 5.75 Å². The SMILES string of the molecule is C1=Cc2ccccc2OC1.O=S(=O)([O-])[O-].[K+].[K+]. The van der Waals surface area contributed by atoms with Gasteiger partial charge in [0, 0.05) is 16.0 Å². The van der Waals surface area contributed by atoms with E-state index < -0.39 is 10.4 Å². The van der Waals surface area contributed by atoms with Crippen molar-refractivity contribution in [1.82, 2.24) is 0 Å². The van der Waals surface area contributed by atoms with E-state index in [0.29, 0.717) is 6.61 Å². The fraction of sp³-hybridized carbons (Fsp3) is 0.111. The Labute approximate surface area is 185 Å². The normalized spacial score (nSPS) is 11.6. The van der Waals surface area contributed by atoms with Gasteiger partial charge in [-0.3, -0.25) is 8.42 Å². The molecule has 17 heavy (non-hydrogen) atoms. The molecule has 1 aliphatic rings. The summed E-state index contributed by atoms with van der Waals surface area (Å²) in [4.78, 5) is 0. The van der Waals surface area contributed by atoms with E-state index in [9.17, 15) is 0 Å². The summed E-state index contributed by atoms with van der Waals surface area (Å²) in [6, 6.07) is 8.03. The Balaban J connectivity index is 0. The van der Waals surface area contributed by atoms with Gasteiger partial charge in [0.1, 0.15) is 12.4 Å². The third-order valence-corrected chi connectivity index (χ3v) is 1.55. The van der Waals surface area contributed by atoms with Crippen molar-refractivity contribution in [2.45, 2.75) is 0 Å². The first-order chi connectivity index (χ1) is 6.97. The zero-order chi connectivity index (χ0) is 11.3. The van der Waals surface area contributed by atoms with Crippen LogP contribution in [0.1, 0.15) is 5.56 Å². The van der Waals surface area contributed by atoms with Gasteiger partial charge in [-0.2, -0.15) is 0 Å². The van der Waals surface area contributed by atoms with E-state index >= 15 is 0 Å². The molecule has 1 aromatic carbocycles. The summed E-state index contributed by atoms with van der Waals surface area (Å²) in [5.41, 5.74) is 1.17. The molecule has 0 unspecified atom stereocenters. The molecule has 0 spiro atoms. The topological polar surface area (TPSA) is 89.5 Å². The van der Waals surface area contributed by atoms with Crippen LogP contribution in [0, 0.1) is 0 Å². The molecular weight excluding hydrogens is 298 g/mol. The van der Waals surface area contributed by atoms with E-state index in [1.54, 1.807) is 0 Å². The molecule has 1 aliphatic heterocycles. The Bertz CT molecular complexity index is 450. The zero-order valence-electron chi connectivity index (χ0n) is 9.62. The summed E-state index contributed by atoms with van der Waals surface area (Å²) in [6.07, 6.45) is 4.10. The van der Waals surface area contributed by atoms with Gasteiger partial charge in [-0.25, -0.2) is 0 Å². The molecule has 0 amide bonds. The van der Waals surface area contributed by atoms with Crippen molar-refractivity contribution in [1.29, 1.82) is 0 Å². The average Bonchev–Trinajstić information content (AvgIpc) is 2.16. The first-order valence-corrected chi connectivity index (χ1v) is 5.35. The molecular formula is C9H8K2O5S. The molecule has 5 nitrogen and oxygen atoms in total. The van der Waals surface area contributed by atoms with Gasteiger partial charge in [0.05, 0.1) is 0 Å². The molecule has 8 heteroatoms. The molecule has 0 saturated carbocycles. The molecule has 0 aromatic heterocycles. The number of para-hydroxylation sites is 1. The van der Waals surface area contributed by atoms with Crippen LogP contribution in [0.15, 0.2) is 30.3 Å². The molecule has 0 fully saturated rings. The van der Waals surface area contributed by atoms with Crippen molar-refractivity contribution >= 4 is 16.5 Å². The van der Waals surface area contributed by atoms with Crippen LogP contribution in [0.3, 0.4) is 0 Å². The zero-order valence-corrected chi connectivity index (χ0v) is 16.7. The van der Waals surface area contributed by atoms with E-state index in [1.165, 1.54) is 5.56 Å². The predicted molar refractivity (Wildman–Crippen MR) is 51.4 cm³/mol. The minimum absolute atomic E-state index is 0. The predicted octanol–water partition coefficient (Wildman–Crippen LogP) is -5.24. The van der Waals surface area contributed by atoms with Crippen LogP contribution in [0.25, 0.3) is 6.08 Å². The number of benzene rings is 1. The van der Waals surface area contributed by atoms with Crippen LogP contribution >= 0.6 is 0 Å². The second kappa shape index (κ2) is 10.7. The van der Waals surface area contributed by atoms with Crippen molar-refractivity contribution in [3.8, 4) is 5.75 Å². The van der Waals surface area contributed by atoms with Gasteiger partial charge in [-0.15, -0.1) is 0 Å². The summed E-state index contributed by atoms with van der Waals surface area (Å²) in [6.45, 7) is 0.705. The maximum Gasteiger partial charge on any atom is 1.00 e. The molecule has 0 saturated heterocycles. The van der Waals surface area contributed by atoms with E-state index in [-0.39, 0.29) is 103 Å². The van der Waals surface area contributed by atoms with Crippen LogP contribution < -0.4 is 108 Å². The van der Waals surface area contributed by atoms with Crippen molar-refractivity contribution < 1.29 is 125 Å². The van der Waals surface area contributed by atoms with Gasteiger partial charge in [-0.1, -0.05) is 24.3 Å². The van der Waals surface area contributed by atoms with Gasteiger partial charge in [0.15, 0.2) is 0 Å². The number of fused-ring (bicyclic) bond motifs is 1. The first-order valence-electron chi connectivity index (χ1n) is 4.02. The van der Waals surface area contributed by atoms with Gasteiger partial charge in [-0.05, 0) is 12.1 Å². The summed E-state index contributed by atoms with van der Waals surface area (Å²) < 4.78 is 39.4. The molecule has 2 rings (SSSR count). The molecule has 0 bridgehead atoms. The van der Waals surface area contributed by atoms with Gasteiger partial charge in [0.2, 0.25) is 0 Å². The molecule has 1 heterocycles. The Morgan fingerprint density at radius 3 is 2.18 bits per heavy atom. The van der Waals surface area contributed by atoms with E-state index in [4.69, 9.17) is 22.3 Å². The van der Waals surface area contributed by atoms with Crippen LogP contribution in [0.2, 0.25) is 0 Å². The standard InChI is InChI=1S/C9H8O.2K.H2O4S/c1-2-6-9-8(4-1)5-3-7-10-9;;;1-5(2,3)4/h1-6H,7H2;;;(H2,1,2,3,4)/q;2*+1;/p-2. The number of hydrogen-bond acceptors (Lipinski definition) is 5. The quantitative estimate of drug-likeness (QED) is 0.271. The number of rotatable bonds is 0. The second-order valence-corrected chi connectivity index (χ2v) is 3.48. The molecule has 0 radical (unpaired) electrons. The fourth-order valence-corrected chi connectivity index (χ4v) is 1.06. The van der Waals surface area contributed by atoms with Crippen LogP contribution in [-0.4, -0.2) is 24.1 Å². The molecule has 82 valence electrons. The van der Waals surface area contributed by atoms with E-state index in [1.807, 2.05) is 30.3 Å². The molecule has 0 atom stereocenters. The summed E-state index contributed by atoms with van der Waals surface area (Å²) in [5.74, 6) is 0.991. The van der Waals surface area contributed by atoms with Crippen molar-refractivity contribution in [2.24, 2.45) is 0 Å². The first kappa shape index (κ1) is 21.2. The minimum Gasteiger partial charge on any atom is -0.759 e. The van der Waals surface area contributed by atoms with Gasteiger partial charge < -0.3 is 13.8 Å². The smallest absolute Gasteiger partial charge is 0.759 e. The third kappa shape index (κ3) is 11.4. The van der Waals surface area contributed by atoms with Crippen LogP contribution in [-0.2, 0) is 10.4 Å². The van der Waals surface area contributed by atoms with Crippen molar-refractivity contribution in [2.75, 3.05) is 6.61 Å². The summed E-state index contributed by atoms with van der Waals surface area (Å²) >= 11 is 0. The molecule has 0 N–H and O–H groups in total. The monoisotopic (exact) mass is 306 g/mol. The van der Waals surface area contributed by atoms with Gasteiger partial charge in [0.25, 0.3) is 0 Å². The Kier molecular flexibility index (Phi) is 13.3. The largest absolute Gasteiger partial charge is 1.00 e. The fourth-order valence-electron chi connectivity index (χ4n) is 1.06. The Morgan fingerprint density at radius 1 is 1.12 bits per heavy atom. The van der Waals surface area contributed by atoms with Crippen LogP contribution in [0.4, 0.5) is 0 Å². The van der Waals surface area contributed by atoms with Gasteiger partial charge >= 0.3 is 103 Å². The second-order valence-electron chi connectivity index (χ2n) is 2.66. The van der Waals surface area contributed by atoms with E-state index in [2.05, 4.69) is 6.08 Å². The maximum atomic E-state index is 8.52. The minimum atomic E-state index is -5.17. The summed E-state index contributed by atoms with van der Waals surface area (Å²) in [5, 5.41) is 0. The number of hydrogen-bond donors (Lipinski definition) is 0. The van der Waals surface area contributed by atoms with Crippen molar-refractivity contribution in [3.05, 3.63) is 35.9 Å². The Hall–Kier alpha value is 1.90. The maximum absolute atomic E-state index is 8.52. The van der Waals surface area contributed by atoms with E-state index in [0.717, 1.165) is 5.75 Å². The molecule has 1 aromatic rings.